The van der Waals surface area contributed by atoms with Crippen LogP contribution in [0.2, 0.25) is 25.7 Å². The van der Waals surface area contributed by atoms with Crippen LogP contribution >= 0.6 is 0 Å². The molecule has 0 radical (unpaired) electrons. The number of ether oxygens (including phenoxy) is 2. The minimum Gasteiger partial charge on any atom is -0.467 e. The highest BCUT2D eigenvalue weighted by molar-refractivity contribution is 6.76. The van der Waals surface area contributed by atoms with Crippen LogP contribution in [0.15, 0.2) is 36.4 Å². The van der Waals surface area contributed by atoms with E-state index in [-0.39, 0.29) is 0 Å². The molecule has 0 unspecified atom stereocenters. The van der Waals surface area contributed by atoms with Crippen LogP contribution in [-0.2, 0) is 16.2 Å². The van der Waals surface area contributed by atoms with E-state index in [1.165, 1.54) is 30.2 Å². The molecule has 1 saturated heterocycles. The van der Waals surface area contributed by atoms with E-state index in [4.69, 9.17) is 14.3 Å². The second kappa shape index (κ2) is 9.69. The Balaban J connectivity index is 1.58. The zero-order valence-corrected chi connectivity index (χ0v) is 18.0. The molecule has 1 fully saturated rings. The van der Waals surface area contributed by atoms with Gasteiger partial charge in [0, 0.05) is 33.2 Å². The third-order valence-electron chi connectivity index (χ3n) is 4.93. The van der Waals surface area contributed by atoms with Crippen LogP contribution in [0.3, 0.4) is 0 Å². The Labute approximate surface area is 164 Å². The summed E-state index contributed by atoms with van der Waals surface area (Å²) in [5.74, 6) is 0.875. The summed E-state index contributed by atoms with van der Waals surface area (Å²) in [7, 11) is -1.06. The summed E-state index contributed by atoms with van der Waals surface area (Å²) < 4.78 is 11.6. The van der Waals surface area contributed by atoms with Crippen molar-refractivity contribution < 1.29 is 14.3 Å². The lowest BCUT2D eigenvalue weighted by atomic mass is 10.1. The number of rotatable bonds is 9. The van der Waals surface area contributed by atoms with Crippen molar-refractivity contribution in [1.29, 1.82) is 0 Å². The van der Waals surface area contributed by atoms with Crippen molar-refractivity contribution in [2.24, 2.45) is 0 Å². The van der Waals surface area contributed by atoms with E-state index < -0.39 is 8.07 Å². The van der Waals surface area contributed by atoms with Gasteiger partial charge in [0.15, 0.2) is 6.79 Å². The zero-order valence-electron chi connectivity index (χ0n) is 17.0. The van der Waals surface area contributed by atoms with E-state index in [1.54, 1.807) is 0 Å². The molecule has 3 rings (SSSR count). The van der Waals surface area contributed by atoms with E-state index in [2.05, 4.69) is 49.0 Å². The minimum atomic E-state index is -1.06. The molecule has 1 aliphatic heterocycles. The van der Waals surface area contributed by atoms with Gasteiger partial charge in [-0.1, -0.05) is 50.3 Å². The number of nitrogens with zero attached hydrogens (tertiary/aromatic N) is 1. The Morgan fingerprint density at radius 1 is 1.00 bits per heavy atom. The van der Waals surface area contributed by atoms with Crippen LogP contribution < -0.4 is 4.74 Å². The highest BCUT2D eigenvalue weighted by atomic mass is 28.3. The van der Waals surface area contributed by atoms with Crippen LogP contribution in [-0.4, -0.2) is 39.6 Å². The van der Waals surface area contributed by atoms with Gasteiger partial charge in [-0.05, 0) is 42.0 Å². The molecule has 0 spiro atoms. The number of hydrogen-bond donors (Lipinski definition) is 0. The van der Waals surface area contributed by atoms with Gasteiger partial charge < -0.3 is 9.47 Å². The van der Waals surface area contributed by atoms with Crippen LogP contribution in [0.1, 0.15) is 24.8 Å². The topological polar surface area (TPSA) is 30.9 Å². The Hall–Kier alpha value is -1.40. The van der Waals surface area contributed by atoms with Crippen molar-refractivity contribution in [1.82, 2.24) is 5.06 Å². The number of hydroxylamine groups is 2. The lowest BCUT2D eigenvalue weighted by Gasteiger charge is -2.25. The van der Waals surface area contributed by atoms with Gasteiger partial charge in [-0.25, -0.2) is 0 Å². The number of fused-ring (bicyclic) bond motifs is 1. The fraction of sp³-hybridized carbons (Fsp3) is 0.545. The molecule has 0 N–H and O–H groups in total. The first-order chi connectivity index (χ1) is 13.0. The summed E-state index contributed by atoms with van der Waals surface area (Å²) in [4.78, 5) is 5.97. The van der Waals surface area contributed by atoms with Gasteiger partial charge >= 0.3 is 0 Å². The van der Waals surface area contributed by atoms with Gasteiger partial charge in [0.1, 0.15) is 5.75 Å². The van der Waals surface area contributed by atoms with Crippen LogP contribution in [0, 0.1) is 0 Å². The average molecular weight is 388 g/mol. The Bertz CT molecular complexity index is 723. The maximum Gasteiger partial charge on any atom is 0.189 e. The molecule has 1 heterocycles. The molecular weight excluding hydrogens is 354 g/mol. The summed E-state index contributed by atoms with van der Waals surface area (Å²) in [6.07, 6.45) is 3.78. The van der Waals surface area contributed by atoms with Gasteiger partial charge in [0.25, 0.3) is 0 Å². The number of benzene rings is 2. The maximum absolute atomic E-state index is 5.97. The molecule has 0 bridgehead atoms. The standard InChI is InChI=1S/C22H33NO3Si/c1-27(2,3)15-14-24-18-25-22-9-7-8-20-11-10-19(16-21(20)22)17-26-23-12-5-4-6-13-23/h7-11,16H,4-6,12-15,17-18H2,1-3H3. The molecule has 0 aliphatic carbocycles. The summed E-state index contributed by atoms with van der Waals surface area (Å²) in [5.41, 5.74) is 1.17. The zero-order chi connectivity index (χ0) is 19.1. The van der Waals surface area contributed by atoms with Crippen molar-refractivity contribution in [3.05, 3.63) is 42.0 Å². The largest absolute Gasteiger partial charge is 0.467 e. The van der Waals surface area contributed by atoms with Gasteiger partial charge in [0.2, 0.25) is 0 Å². The molecule has 0 aromatic heterocycles. The molecule has 5 heteroatoms. The average Bonchev–Trinajstić information content (AvgIpc) is 2.66. The van der Waals surface area contributed by atoms with Crippen LogP contribution in [0.4, 0.5) is 0 Å². The summed E-state index contributed by atoms with van der Waals surface area (Å²) in [6.45, 7) is 10.8. The van der Waals surface area contributed by atoms with E-state index in [0.717, 1.165) is 36.9 Å². The minimum absolute atomic E-state index is 0.304. The molecule has 1 aliphatic rings. The Kier molecular flexibility index (Phi) is 7.30. The predicted octanol–water partition coefficient (Wildman–Crippen LogP) is 5.45. The lowest BCUT2D eigenvalue weighted by Crippen LogP contribution is -2.29. The third-order valence-corrected chi connectivity index (χ3v) is 6.63. The van der Waals surface area contributed by atoms with Gasteiger partial charge in [0.05, 0.1) is 6.61 Å². The molecular formula is C22H33NO3Si. The van der Waals surface area contributed by atoms with Gasteiger partial charge in [-0.3, -0.25) is 4.84 Å². The molecule has 4 nitrogen and oxygen atoms in total. The first-order valence-electron chi connectivity index (χ1n) is 10.1. The van der Waals surface area contributed by atoms with Crippen LogP contribution in [0.5, 0.6) is 5.75 Å². The second-order valence-electron chi connectivity index (χ2n) is 8.56. The Morgan fingerprint density at radius 2 is 1.81 bits per heavy atom. The molecule has 0 atom stereocenters. The SMILES string of the molecule is C[Si](C)(C)CCOCOc1cccc2ccc(CON3CCCCC3)cc12. The van der Waals surface area contributed by atoms with Crippen molar-refractivity contribution in [3.8, 4) is 5.75 Å². The highest BCUT2D eigenvalue weighted by Gasteiger charge is 2.13. The van der Waals surface area contributed by atoms with Crippen molar-refractivity contribution >= 4 is 18.8 Å². The number of hydrogen-bond acceptors (Lipinski definition) is 4. The summed E-state index contributed by atoms with van der Waals surface area (Å²) in [6, 6.07) is 13.8. The monoisotopic (exact) mass is 387 g/mol. The van der Waals surface area contributed by atoms with E-state index >= 15 is 0 Å². The quantitative estimate of drug-likeness (QED) is 0.325. The normalized spacial score (nSPS) is 16.0. The predicted molar refractivity (Wildman–Crippen MR) is 114 cm³/mol. The highest BCUT2D eigenvalue weighted by Crippen LogP contribution is 2.27. The molecule has 27 heavy (non-hydrogen) atoms. The van der Waals surface area contributed by atoms with Gasteiger partial charge in [-0.2, -0.15) is 5.06 Å². The second-order valence-corrected chi connectivity index (χ2v) is 14.2. The fourth-order valence-electron chi connectivity index (χ4n) is 3.21. The first-order valence-corrected chi connectivity index (χ1v) is 13.8. The van der Waals surface area contributed by atoms with E-state index in [1.807, 2.05) is 12.1 Å². The van der Waals surface area contributed by atoms with Crippen molar-refractivity contribution in [2.75, 3.05) is 26.5 Å². The summed E-state index contributed by atoms with van der Waals surface area (Å²) >= 11 is 0. The lowest BCUT2D eigenvalue weighted by molar-refractivity contribution is -0.178. The Morgan fingerprint density at radius 3 is 2.59 bits per heavy atom. The van der Waals surface area contributed by atoms with Crippen molar-refractivity contribution in [2.45, 2.75) is 51.6 Å². The summed E-state index contributed by atoms with van der Waals surface area (Å²) in [5, 5.41) is 4.39. The number of piperidine rings is 1. The van der Waals surface area contributed by atoms with Gasteiger partial charge in [-0.15, -0.1) is 0 Å². The molecule has 0 saturated carbocycles. The third kappa shape index (κ3) is 6.61. The first kappa shape index (κ1) is 20.3. The maximum atomic E-state index is 5.97. The molecule has 2 aromatic carbocycles. The molecule has 2 aromatic rings. The smallest absolute Gasteiger partial charge is 0.189 e. The van der Waals surface area contributed by atoms with Crippen molar-refractivity contribution in [3.63, 3.8) is 0 Å². The fourth-order valence-corrected chi connectivity index (χ4v) is 3.97. The van der Waals surface area contributed by atoms with E-state index in [9.17, 15) is 0 Å². The van der Waals surface area contributed by atoms with Crippen LogP contribution in [0.25, 0.3) is 10.8 Å². The molecule has 0 amide bonds. The van der Waals surface area contributed by atoms with E-state index in [0.29, 0.717) is 13.4 Å². The molecule has 148 valence electrons.